The van der Waals surface area contributed by atoms with Crippen LogP contribution in [0, 0.1) is 11.8 Å². The van der Waals surface area contributed by atoms with Gasteiger partial charge in [-0.05, 0) is 44.4 Å². The molecule has 2 unspecified atom stereocenters. The van der Waals surface area contributed by atoms with Crippen molar-refractivity contribution < 1.29 is 21.6 Å². The van der Waals surface area contributed by atoms with Crippen LogP contribution in [0.3, 0.4) is 0 Å². The van der Waals surface area contributed by atoms with Crippen LogP contribution in [0.2, 0.25) is 0 Å². The molecule has 1 heterocycles. The standard InChI is InChI=1S/C17H31F3N4O2S/c1-3-21-16(22-12-14-6-4-5-13(2)11-14)23-15-7-9-24(10-8-15)27(25,26)17(18,19)20/h13-15H,3-12H2,1-2H3,(H2,21,22,23). The fourth-order valence-electron chi connectivity index (χ4n) is 3.85. The lowest BCUT2D eigenvalue weighted by Crippen LogP contribution is -2.51. The van der Waals surface area contributed by atoms with Crippen LogP contribution < -0.4 is 10.6 Å². The molecule has 0 aromatic rings. The predicted octanol–water partition coefficient (Wildman–Crippen LogP) is 2.68. The van der Waals surface area contributed by atoms with E-state index >= 15 is 0 Å². The number of aliphatic imine (C=N–C) groups is 1. The van der Waals surface area contributed by atoms with Crippen molar-refractivity contribution in [1.82, 2.24) is 14.9 Å². The minimum absolute atomic E-state index is 0.0900. The van der Waals surface area contributed by atoms with Crippen LogP contribution in [0.1, 0.15) is 52.4 Å². The molecule has 2 atom stereocenters. The first-order valence-electron chi connectivity index (χ1n) is 9.74. The molecule has 2 rings (SSSR count). The van der Waals surface area contributed by atoms with Crippen LogP contribution in [0.15, 0.2) is 4.99 Å². The lowest BCUT2D eigenvalue weighted by Gasteiger charge is -2.32. The fraction of sp³-hybridized carbons (Fsp3) is 0.941. The summed E-state index contributed by atoms with van der Waals surface area (Å²) in [4.78, 5) is 4.66. The van der Waals surface area contributed by atoms with Gasteiger partial charge in [0.05, 0.1) is 0 Å². The van der Waals surface area contributed by atoms with E-state index < -0.39 is 15.5 Å². The van der Waals surface area contributed by atoms with E-state index in [0.29, 0.717) is 35.6 Å². The van der Waals surface area contributed by atoms with Gasteiger partial charge in [-0.15, -0.1) is 0 Å². The summed E-state index contributed by atoms with van der Waals surface area (Å²) in [7, 11) is -5.23. The topological polar surface area (TPSA) is 73.8 Å². The highest BCUT2D eigenvalue weighted by molar-refractivity contribution is 7.90. The number of alkyl halides is 3. The van der Waals surface area contributed by atoms with Crippen molar-refractivity contribution in [2.45, 2.75) is 63.9 Å². The number of hydrogen-bond donors (Lipinski definition) is 2. The normalized spacial score (nSPS) is 26.8. The van der Waals surface area contributed by atoms with E-state index in [1.807, 2.05) is 6.92 Å². The summed E-state index contributed by atoms with van der Waals surface area (Å²) in [6, 6.07) is -0.0900. The molecule has 1 saturated carbocycles. The second kappa shape index (κ2) is 9.45. The first-order valence-corrected chi connectivity index (χ1v) is 11.2. The molecule has 0 amide bonds. The van der Waals surface area contributed by atoms with Gasteiger partial charge in [-0.25, -0.2) is 8.42 Å². The number of sulfonamides is 1. The summed E-state index contributed by atoms with van der Waals surface area (Å²) in [6.45, 7) is 5.37. The number of hydrogen-bond acceptors (Lipinski definition) is 3. The molecule has 1 saturated heterocycles. The lowest BCUT2D eigenvalue weighted by atomic mass is 9.82. The average Bonchev–Trinajstić information content (AvgIpc) is 2.59. The highest BCUT2D eigenvalue weighted by atomic mass is 32.2. The van der Waals surface area contributed by atoms with E-state index in [1.54, 1.807) is 0 Å². The van der Waals surface area contributed by atoms with Crippen molar-refractivity contribution in [3.05, 3.63) is 0 Å². The van der Waals surface area contributed by atoms with Crippen LogP contribution in [-0.4, -0.2) is 56.4 Å². The van der Waals surface area contributed by atoms with Gasteiger partial charge in [0.15, 0.2) is 5.96 Å². The third-order valence-corrected chi connectivity index (χ3v) is 6.95. The van der Waals surface area contributed by atoms with Crippen molar-refractivity contribution >= 4 is 16.0 Å². The van der Waals surface area contributed by atoms with Crippen molar-refractivity contribution in [3.63, 3.8) is 0 Å². The fourth-order valence-corrected chi connectivity index (χ4v) is 4.83. The molecule has 0 spiro atoms. The number of piperidine rings is 1. The molecule has 158 valence electrons. The van der Waals surface area contributed by atoms with Crippen molar-refractivity contribution in [3.8, 4) is 0 Å². The quantitative estimate of drug-likeness (QED) is 0.538. The molecular weight excluding hydrogens is 381 g/mol. The average molecular weight is 413 g/mol. The molecule has 10 heteroatoms. The van der Waals surface area contributed by atoms with E-state index in [-0.39, 0.29) is 19.1 Å². The van der Waals surface area contributed by atoms with Gasteiger partial charge in [0.25, 0.3) is 0 Å². The van der Waals surface area contributed by atoms with Crippen LogP contribution in [-0.2, 0) is 10.0 Å². The molecule has 2 N–H and O–H groups in total. The number of rotatable bonds is 5. The Hall–Kier alpha value is -1.03. The Morgan fingerprint density at radius 3 is 2.41 bits per heavy atom. The van der Waals surface area contributed by atoms with E-state index in [2.05, 4.69) is 22.5 Å². The van der Waals surface area contributed by atoms with E-state index in [1.165, 1.54) is 25.7 Å². The Labute approximate surface area is 160 Å². The van der Waals surface area contributed by atoms with E-state index in [9.17, 15) is 21.6 Å². The monoisotopic (exact) mass is 412 g/mol. The van der Waals surface area contributed by atoms with Gasteiger partial charge in [-0.2, -0.15) is 17.5 Å². The summed E-state index contributed by atoms with van der Waals surface area (Å²) in [6.07, 6.45) is 5.51. The maximum atomic E-state index is 12.7. The summed E-state index contributed by atoms with van der Waals surface area (Å²) >= 11 is 0. The summed E-state index contributed by atoms with van der Waals surface area (Å²) in [5, 5.41) is 6.43. The van der Waals surface area contributed by atoms with Crippen LogP contribution in [0.4, 0.5) is 13.2 Å². The third kappa shape index (κ3) is 6.23. The van der Waals surface area contributed by atoms with Crippen LogP contribution >= 0.6 is 0 Å². The summed E-state index contributed by atoms with van der Waals surface area (Å²) in [5.41, 5.74) is -5.24. The largest absolute Gasteiger partial charge is 0.511 e. The molecule has 1 aliphatic heterocycles. The van der Waals surface area contributed by atoms with Gasteiger partial charge in [0.1, 0.15) is 0 Å². The molecule has 0 aromatic carbocycles. The highest BCUT2D eigenvalue weighted by Crippen LogP contribution is 2.29. The summed E-state index contributed by atoms with van der Waals surface area (Å²) < 4.78 is 61.5. The molecule has 0 radical (unpaired) electrons. The SMILES string of the molecule is CCNC(=NCC1CCCC(C)C1)NC1CCN(S(=O)(=O)C(F)(F)F)CC1. The molecule has 1 aliphatic carbocycles. The van der Waals surface area contributed by atoms with Gasteiger partial charge >= 0.3 is 15.5 Å². The summed E-state index contributed by atoms with van der Waals surface area (Å²) in [5.74, 6) is 1.96. The smallest absolute Gasteiger partial charge is 0.357 e. The second-order valence-electron chi connectivity index (χ2n) is 7.63. The number of guanidine groups is 1. The van der Waals surface area contributed by atoms with Crippen LogP contribution in [0.25, 0.3) is 0 Å². The molecule has 2 fully saturated rings. The van der Waals surface area contributed by atoms with Gasteiger partial charge in [0.2, 0.25) is 0 Å². The Kier molecular flexibility index (Phi) is 7.79. The van der Waals surface area contributed by atoms with Crippen molar-refractivity contribution in [2.75, 3.05) is 26.2 Å². The van der Waals surface area contributed by atoms with Gasteiger partial charge < -0.3 is 10.6 Å². The van der Waals surface area contributed by atoms with Crippen molar-refractivity contribution in [1.29, 1.82) is 0 Å². The Bertz CT molecular complexity index is 602. The first-order chi connectivity index (χ1) is 12.6. The zero-order valence-corrected chi connectivity index (χ0v) is 16.9. The molecule has 6 nitrogen and oxygen atoms in total. The minimum Gasteiger partial charge on any atom is -0.357 e. The Morgan fingerprint density at radius 2 is 1.85 bits per heavy atom. The lowest BCUT2D eigenvalue weighted by molar-refractivity contribution is -0.0494. The number of nitrogens with zero attached hydrogens (tertiary/aromatic N) is 2. The zero-order valence-electron chi connectivity index (χ0n) is 16.1. The maximum Gasteiger partial charge on any atom is 0.511 e. The van der Waals surface area contributed by atoms with Gasteiger partial charge in [0, 0.05) is 32.2 Å². The van der Waals surface area contributed by atoms with Gasteiger partial charge in [-0.1, -0.05) is 19.8 Å². The van der Waals surface area contributed by atoms with E-state index in [0.717, 1.165) is 12.5 Å². The van der Waals surface area contributed by atoms with Gasteiger partial charge in [-0.3, -0.25) is 4.99 Å². The minimum atomic E-state index is -5.24. The second-order valence-corrected chi connectivity index (χ2v) is 9.56. The third-order valence-electron chi connectivity index (χ3n) is 5.32. The maximum absolute atomic E-state index is 12.7. The highest BCUT2D eigenvalue weighted by Gasteiger charge is 2.50. The molecular formula is C17H31F3N4O2S. The number of nitrogens with one attached hydrogen (secondary N) is 2. The first kappa shape index (κ1) is 22.3. The molecule has 0 bridgehead atoms. The Morgan fingerprint density at radius 1 is 1.19 bits per heavy atom. The Balaban J connectivity index is 1.87. The molecule has 0 aromatic heterocycles. The molecule has 27 heavy (non-hydrogen) atoms. The molecule has 2 aliphatic rings. The van der Waals surface area contributed by atoms with Crippen LogP contribution in [0.5, 0.6) is 0 Å². The van der Waals surface area contributed by atoms with Crippen molar-refractivity contribution in [2.24, 2.45) is 16.8 Å². The zero-order chi connectivity index (χ0) is 20.1. The van der Waals surface area contributed by atoms with E-state index in [4.69, 9.17) is 0 Å². The predicted molar refractivity (Wildman–Crippen MR) is 99.8 cm³/mol. The number of halogens is 3.